The summed E-state index contributed by atoms with van der Waals surface area (Å²) in [5, 5.41) is 15.5. The Labute approximate surface area is 180 Å². The van der Waals surface area contributed by atoms with E-state index in [4.69, 9.17) is 4.74 Å². The van der Waals surface area contributed by atoms with Crippen LogP contribution in [-0.2, 0) is 0 Å². The summed E-state index contributed by atoms with van der Waals surface area (Å²) in [6, 6.07) is 24.1. The Morgan fingerprint density at radius 1 is 1.00 bits per heavy atom. The lowest BCUT2D eigenvalue weighted by molar-refractivity contribution is 0.102. The monoisotopic (exact) mass is 410 g/mol. The second-order valence-electron chi connectivity index (χ2n) is 7.16. The van der Waals surface area contributed by atoms with Crippen LogP contribution < -0.4 is 10.1 Å². The fraction of sp³-hybridized carbons (Fsp3) is 0.0769. The molecule has 0 aliphatic carbocycles. The molecule has 31 heavy (non-hydrogen) atoms. The highest BCUT2D eigenvalue weighted by Gasteiger charge is 2.18. The number of benzene rings is 4. The summed E-state index contributed by atoms with van der Waals surface area (Å²) in [6.07, 6.45) is 1.60. The number of hydrogen-bond acceptors (Lipinski definition) is 4. The van der Waals surface area contributed by atoms with Gasteiger partial charge in [0.2, 0.25) is 0 Å². The van der Waals surface area contributed by atoms with Crippen LogP contribution >= 0.6 is 0 Å². The zero-order chi connectivity index (χ0) is 21.8. The largest absolute Gasteiger partial charge is 0.506 e. The Morgan fingerprint density at radius 3 is 2.48 bits per heavy atom. The molecule has 0 fully saturated rings. The molecule has 4 rings (SSSR count). The molecule has 5 nitrogen and oxygen atoms in total. The molecule has 1 amide bonds. The fourth-order valence-corrected chi connectivity index (χ4v) is 3.38. The summed E-state index contributed by atoms with van der Waals surface area (Å²) < 4.78 is 5.30. The van der Waals surface area contributed by atoms with Crippen molar-refractivity contribution in [2.24, 2.45) is 4.99 Å². The number of methoxy groups -OCH3 is 1. The van der Waals surface area contributed by atoms with Crippen molar-refractivity contribution in [1.29, 1.82) is 0 Å². The Balaban J connectivity index is 1.77. The van der Waals surface area contributed by atoms with E-state index >= 15 is 0 Å². The molecule has 0 heterocycles. The van der Waals surface area contributed by atoms with Crippen LogP contribution in [0.3, 0.4) is 0 Å². The average Bonchev–Trinajstić information content (AvgIpc) is 2.79. The number of aromatic hydroxyl groups is 1. The van der Waals surface area contributed by atoms with Crippen molar-refractivity contribution in [2.45, 2.75) is 6.92 Å². The van der Waals surface area contributed by atoms with Crippen LogP contribution in [0.15, 0.2) is 83.9 Å². The Morgan fingerprint density at radius 2 is 1.71 bits per heavy atom. The van der Waals surface area contributed by atoms with Gasteiger partial charge in [0.1, 0.15) is 11.5 Å². The zero-order valence-electron chi connectivity index (χ0n) is 17.3. The van der Waals surface area contributed by atoms with Gasteiger partial charge in [0.15, 0.2) is 0 Å². The van der Waals surface area contributed by atoms with Gasteiger partial charge in [-0.25, -0.2) is 0 Å². The topological polar surface area (TPSA) is 70.9 Å². The van der Waals surface area contributed by atoms with Crippen LogP contribution in [0.1, 0.15) is 21.5 Å². The molecule has 0 radical (unpaired) electrons. The van der Waals surface area contributed by atoms with Crippen LogP contribution in [0.2, 0.25) is 0 Å². The molecule has 0 bridgehead atoms. The number of carbonyl (C=O) groups excluding carboxylic acids is 1. The molecule has 4 aromatic carbocycles. The predicted octanol–water partition coefficient (Wildman–Crippen LogP) is 5.87. The van der Waals surface area contributed by atoms with E-state index in [9.17, 15) is 9.90 Å². The number of ether oxygens (including phenoxy) is 1. The molecule has 4 aromatic rings. The lowest BCUT2D eigenvalue weighted by atomic mass is 9.99. The predicted molar refractivity (Wildman–Crippen MR) is 125 cm³/mol. The van der Waals surface area contributed by atoms with Gasteiger partial charge < -0.3 is 15.2 Å². The Hall–Kier alpha value is -4.12. The van der Waals surface area contributed by atoms with Crippen molar-refractivity contribution in [3.05, 3.63) is 95.6 Å². The fourth-order valence-electron chi connectivity index (χ4n) is 3.38. The molecule has 0 aliphatic rings. The van der Waals surface area contributed by atoms with Crippen molar-refractivity contribution in [2.75, 3.05) is 12.4 Å². The van der Waals surface area contributed by atoms with E-state index in [2.05, 4.69) is 10.3 Å². The van der Waals surface area contributed by atoms with Crippen molar-refractivity contribution < 1.29 is 14.6 Å². The molecule has 0 aromatic heterocycles. The minimum Gasteiger partial charge on any atom is -0.506 e. The number of fused-ring (bicyclic) bond motifs is 1. The highest BCUT2D eigenvalue weighted by molar-refractivity contribution is 6.13. The molecule has 2 N–H and O–H groups in total. The third kappa shape index (κ3) is 4.26. The van der Waals surface area contributed by atoms with Crippen LogP contribution in [0, 0.1) is 6.92 Å². The van der Waals surface area contributed by atoms with Gasteiger partial charge in [0.25, 0.3) is 5.91 Å². The molecular weight excluding hydrogens is 388 g/mol. The third-order valence-electron chi connectivity index (χ3n) is 5.04. The average molecular weight is 410 g/mol. The lowest BCUT2D eigenvalue weighted by Gasteiger charge is -2.13. The summed E-state index contributed by atoms with van der Waals surface area (Å²) in [5.74, 6) is -0.0167. The SMILES string of the molecule is COc1ccccc1NC(=O)c1cc2ccccc2c(C=Nc2ccc(C)cc2)c1O. The molecule has 0 saturated carbocycles. The van der Waals surface area contributed by atoms with E-state index in [1.54, 1.807) is 30.5 Å². The smallest absolute Gasteiger partial charge is 0.259 e. The first-order valence-corrected chi connectivity index (χ1v) is 9.86. The van der Waals surface area contributed by atoms with Gasteiger partial charge >= 0.3 is 0 Å². The molecule has 5 heteroatoms. The van der Waals surface area contributed by atoms with Crippen LogP contribution in [0.25, 0.3) is 10.8 Å². The van der Waals surface area contributed by atoms with Crippen molar-refractivity contribution in [1.82, 2.24) is 0 Å². The maximum atomic E-state index is 13.0. The number of nitrogens with zero attached hydrogens (tertiary/aromatic N) is 1. The van der Waals surface area contributed by atoms with Gasteiger partial charge in [-0.2, -0.15) is 0 Å². The van der Waals surface area contributed by atoms with Gasteiger partial charge in [0, 0.05) is 11.8 Å². The maximum absolute atomic E-state index is 13.0. The van der Waals surface area contributed by atoms with Crippen molar-refractivity contribution in [3.8, 4) is 11.5 Å². The summed E-state index contributed by atoms with van der Waals surface area (Å²) >= 11 is 0. The molecule has 154 valence electrons. The minimum atomic E-state index is -0.433. The number of nitrogens with one attached hydrogen (secondary N) is 1. The van der Waals surface area contributed by atoms with E-state index < -0.39 is 5.91 Å². The summed E-state index contributed by atoms with van der Waals surface area (Å²) in [5.41, 5.74) is 3.08. The first-order valence-electron chi connectivity index (χ1n) is 9.86. The number of amides is 1. The minimum absolute atomic E-state index is 0.123. The van der Waals surface area contributed by atoms with E-state index in [1.807, 2.05) is 61.5 Å². The van der Waals surface area contributed by atoms with E-state index in [-0.39, 0.29) is 11.3 Å². The van der Waals surface area contributed by atoms with Gasteiger partial charge in [-0.3, -0.25) is 9.79 Å². The van der Waals surface area contributed by atoms with E-state index in [1.165, 1.54) is 7.11 Å². The van der Waals surface area contributed by atoms with Crippen LogP contribution in [0.4, 0.5) is 11.4 Å². The number of phenols is 1. The first-order chi connectivity index (χ1) is 15.1. The molecule has 0 atom stereocenters. The van der Waals surface area contributed by atoms with Gasteiger partial charge in [-0.15, -0.1) is 0 Å². The summed E-state index contributed by atoms with van der Waals surface area (Å²) in [6.45, 7) is 2.01. The standard InChI is InChI=1S/C26H22N2O3/c1-17-11-13-19(14-12-17)27-16-22-20-8-4-3-7-18(20)15-21(25(22)29)26(30)28-23-9-5-6-10-24(23)31-2/h3-16,29H,1-2H3,(H,28,30). The number of hydrogen-bond donors (Lipinski definition) is 2. The Bertz CT molecular complexity index is 1280. The summed E-state index contributed by atoms with van der Waals surface area (Å²) in [4.78, 5) is 17.5. The number of carbonyl (C=O) groups is 1. The summed E-state index contributed by atoms with van der Waals surface area (Å²) in [7, 11) is 1.54. The van der Waals surface area contributed by atoms with Gasteiger partial charge in [-0.05, 0) is 48.0 Å². The van der Waals surface area contributed by atoms with Crippen molar-refractivity contribution in [3.63, 3.8) is 0 Å². The molecule has 0 aliphatic heterocycles. The highest BCUT2D eigenvalue weighted by Crippen LogP contribution is 2.32. The number of anilines is 1. The maximum Gasteiger partial charge on any atom is 0.259 e. The van der Waals surface area contributed by atoms with Crippen molar-refractivity contribution >= 4 is 34.3 Å². The lowest BCUT2D eigenvalue weighted by Crippen LogP contribution is -2.13. The normalized spacial score (nSPS) is 11.0. The molecule has 0 saturated heterocycles. The number of phenolic OH excluding ortho intramolecular Hbond substituents is 1. The van der Waals surface area contributed by atoms with Gasteiger partial charge in [0.05, 0.1) is 24.0 Å². The number of para-hydroxylation sites is 2. The van der Waals surface area contributed by atoms with E-state index in [0.29, 0.717) is 17.0 Å². The number of aryl methyl sites for hydroxylation is 1. The third-order valence-corrected chi connectivity index (χ3v) is 5.04. The highest BCUT2D eigenvalue weighted by atomic mass is 16.5. The molecular formula is C26H22N2O3. The van der Waals surface area contributed by atoms with Gasteiger partial charge in [-0.1, -0.05) is 54.1 Å². The number of rotatable bonds is 5. The van der Waals surface area contributed by atoms with E-state index in [0.717, 1.165) is 22.0 Å². The quantitative estimate of drug-likeness (QED) is 0.405. The second kappa shape index (κ2) is 8.71. The first kappa shape index (κ1) is 20.2. The second-order valence-corrected chi connectivity index (χ2v) is 7.16. The van der Waals surface area contributed by atoms with Crippen LogP contribution in [0.5, 0.6) is 11.5 Å². The molecule has 0 unspecified atom stereocenters. The zero-order valence-corrected chi connectivity index (χ0v) is 17.3. The Kier molecular flexibility index (Phi) is 5.67. The van der Waals surface area contributed by atoms with Crippen LogP contribution in [-0.4, -0.2) is 24.3 Å². The molecule has 0 spiro atoms. The number of aliphatic imine (C=N–C) groups is 1.